The number of hydrogen-bond donors (Lipinski definition) is 1. The predicted molar refractivity (Wildman–Crippen MR) is 95.6 cm³/mol. The predicted octanol–water partition coefficient (Wildman–Crippen LogP) is 3.66. The fraction of sp³-hybridized carbons (Fsp3) is 0.500. The van der Waals surface area contributed by atoms with Gasteiger partial charge >= 0.3 is 0 Å². The highest BCUT2D eigenvalue weighted by atomic mass is 79.9. The molecule has 2 aromatic rings. The number of halogens is 1. The van der Waals surface area contributed by atoms with E-state index in [1.807, 2.05) is 16.8 Å². The number of aromatic nitrogens is 2. The quantitative estimate of drug-likeness (QED) is 0.811. The fourth-order valence-corrected chi connectivity index (χ4v) is 3.11. The Kier molecular flexibility index (Phi) is 6.05. The Labute approximate surface area is 150 Å². The Balaban J connectivity index is 1.72. The van der Waals surface area contributed by atoms with Crippen molar-refractivity contribution in [2.45, 2.75) is 45.6 Å². The maximum absolute atomic E-state index is 9.42. The van der Waals surface area contributed by atoms with Gasteiger partial charge in [-0.2, -0.15) is 5.10 Å². The molecule has 1 fully saturated rings. The van der Waals surface area contributed by atoms with Gasteiger partial charge in [0.2, 0.25) is 0 Å². The molecule has 1 aromatic heterocycles. The summed E-state index contributed by atoms with van der Waals surface area (Å²) in [5, 5.41) is 13.9. The fourth-order valence-electron chi connectivity index (χ4n) is 2.87. The van der Waals surface area contributed by atoms with E-state index in [2.05, 4.69) is 40.1 Å². The van der Waals surface area contributed by atoms with Crippen LogP contribution in [0.15, 0.2) is 28.7 Å². The largest absolute Gasteiger partial charge is 0.390 e. The summed E-state index contributed by atoms with van der Waals surface area (Å²) in [6.45, 7) is 3.95. The molecule has 0 radical (unpaired) electrons. The van der Waals surface area contributed by atoms with Gasteiger partial charge in [0.15, 0.2) is 6.29 Å². The van der Waals surface area contributed by atoms with Crippen LogP contribution in [0.1, 0.15) is 30.5 Å². The van der Waals surface area contributed by atoms with Crippen molar-refractivity contribution in [1.82, 2.24) is 9.78 Å². The van der Waals surface area contributed by atoms with Crippen LogP contribution >= 0.6 is 15.9 Å². The normalized spacial score (nSPS) is 18.0. The van der Waals surface area contributed by atoms with E-state index in [9.17, 15) is 5.11 Å². The topological polar surface area (TPSA) is 56.5 Å². The van der Waals surface area contributed by atoms with Gasteiger partial charge in [-0.1, -0.05) is 22.0 Å². The molecule has 0 spiro atoms. The van der Waals surface area contributed by atoms with Crippen LogP contribution in [0.4, 0.5) is 0 Å². The van der Waals surface area contributed by atoms with Gasteiger partial charge in [-0.05, 0) is 49.9 Å². The number of aliphatic hydroxyl groups is 1. The van der Waals surface area contributed by atoms with Gasteiger partial charge in [-0.3, -0.25) is 4.68 Å². The summed E-state index contributed by atoms with van der Waals surface area (Å²) >= 11 is 3.53. The summed E-state index contributed by atoms with van der Waals surface area (Å²) in [6, 6.07) is 8.13. The zero-order valence-corrected chi connectivity index (χ0v) is 15.5. The molecular weight excluding hydrogens is 372 g/mol. The van der Waals surface area contributed by atoms with Crippen molar-refractivity contribution in [2.75, 3.05) is 13.2 Å². The molecule has 6 heteroatoms. The lowest BCUT2D eigenvalue weighted by Crippen LogP contribution is -2.24. The number of aryl methyl sites for hydroxylation is 1. The minimum atomic E-state index is -0.0926. The highest BCUT2D eigenvalue weighted by Crippen LogP contribution is 2.26. The van der Waals surface area contributed by atoms with Crippen molar-refractivity contribution in [3.05, 3.63) is 40.0 Å². The van der Waals surface area contributed by atoms with Crippen molar-refractivity contribution in [3.8, 4) is 11.3 Å². The molecule has 24 heavy (non-hydrogen) atoms. The molecular formula is C18H23BrN2O3. The third-order valence-electron chi connectivity index (χ3n) is 4.19. The summed E-state index contributed by atoms with van der Waals surface area (Å²) in [5.74, 6) is 0. The second-order valence-corrected chi connectivity index (χ2v) is 6.89. The van der Waals surface area contributed by atoms with Gasteiger partial charge in [0.25, 0.3) is 0 Å². The highest BCUT2D eigenvalue weighted by Gasteiger charge is 2.15. The Morgan fingerprint density at radius 1 is 1.38 bits per heavy atom. The van der Waals surface area contributed by atoms with E-state index in [-0.39, 0.29) is 12.9 Å². The van der Waals surface area contributed by atoms with Crippen LogP contribution in [0.25, 0.3) is 11.3 Å². The molecule has 0 bridgehead atoms. The third-order valence-corrected chi connectivity index (χ3v) is 5.08. The molecule has 1 N–H and O–H groups in total. The number of hydrogen-bond acceptors (Lipinski definition) is 4. The average molecular weight is 395 g/mol. The van der Waals surface area contributed by atoms with Gasteiger partial charge in [0.05, 0.1) is 31.1 Å². The maximum Gasteiger partial charge on any atom is 0.157 e. The van der Waals surface area contributed by atoms with Crippen molar-refractivity contribution < 1.29 is 14.6 Å². The van der Waals surface area contributed by atoms with Gasteiger partial charge in [0.1, 0.15) is 0 Å². The molecule has 1 saturated heterocycles. The molecule has 130 valence electrons. The average Bonchev–Trinajstić information content (AvgIpc) is 3.02. The molecule has 0 amide bonds. The lowest BCUT2D eigenvalue weighted by Gasteiger charge is -2.22. The van der Waals surface area contributed by atoms with E-state index in [0.717, 1.165) is 47.2 Å². The van der Waals surface area contributed by atoms with Crippen molar-refractivity contribution in [3.63, 3.8) is 0 Å². The molecule has 2 heterocycles. The summed E-state index contributed by atoms with van der Waals surface area (Å²) in [4.78, 5) is 0. The van der Waals surface area contributed by atoms with Gasteiger partial charge < -0.3 is 14.6 Å². The van der Waals surface area contributed by atoms with Crippen LogP contribution in [0, 0.1) is 6.92 Å². The lowest BCUT2D eigenvalue weighted by molar-refractivity contribution is -0.163. The van der Waals surface area contributed by atoms with Crippen molar-refractivity contribution in [2.24, 2.45) is 0 Å². The zero-order chi connectivity index (χ0) is 16.9. The molecule has 1 aliphatic rings. The van der Waals surface area contributed by atoms with Crippen molar-refractivity contribution in [1.29, 1.82) is 0 Å². The Morgan fingerprint density at radius 2 is 2.25 bits per heavy atom. The van der Waals surface area contributed by atoms with Crippen LogP contribution in [-0.2, 0) is 22.6 Å². The SMILES string of the molecule is Cc1cc(-c2cc(CO)nn2CCOC2CCCCO2)ccc1Br. The molecule has 1 aliphatic heterocycles. The molecule has 0 aliphatic carbocycles. The first-order chi connectivity index (χ1) is 11.7. The first-order valence-electron chi connectivity index (χ1n) is 8.34. The number of aliphatic hydroxyl groups excluding tert-OH is 1. The first kappa shape index (κ1) is 17.6. The Bertz CT molecular complexity index is 681. The van der Waals surface area contributed by atoms with Gasteiger partial charge in [0, 0.05) is 16.6 Å². The minimum Gasteiger partial charge on any atom is -0.390 e. The van der Waals surface area contributed by atoms with Crippen LogP contribution in [0.5, 0.6) is 0 Å². The van der Waals surface area contributed by atoms with E-state index in [1.165, 1.54) is 0 Å². The molecule has 5 nitrogen and oxygen atoms in total. The van der Waals surface area contributed by atoms with Crippen LogP contribution in [0.2, 0.25) is 0 Å². The second kappa shape index (κ2) is 8.25. The number of nitrogens with zero attached hydrogens (tertiary/aromatic N) is 2. The summed E-state index contributed by atoms with van der Waals surface area (Å²) < 4.78 is 14.4. The first-order valence-corrected chi connectivity index (χ1v) is 9.14. The lowest BCUT2D eigenvalue weighted by atomic mass is 10.1. The number of benzene rings is 1. The minimum absolute atomic E-state index is 0.0674. The monoisotopic (exact) mass is 394 g/mol. The molecule has 1 aromatic carbocycles. The zero-order valence-electron chi connectivity index (χ0n) is 13.9. The summed E-state index contributed by atoms with van der Waals surface area (Å²) in [7, 11) is 0. The van der Waals surface area contributed by atoms with Crippen molar-refractivity contribution >= 4 is 15.9 Å². The second-order valence-electron chi connectivity index (χ2n) is 6.03. The maximum atomic E-state index is 9.42. The van der Waals surface area contributed by atoms with E-state index >= 15 is 0 Å². The molecule has 3 rings (SSSR count). The van der Waals surface area contributed by atoms with Crippen LogP contribution in [0.3, 0.4) is 0 Å². The van der Waals surface area contributed by atoms with Crippen LogP contribution in [-0.4, -0.2) is 34.4 Å². The Morgan fingerprint density at radius 3 is 2.96 bits per heavy atom. The number of rotatable bonds is 6. The van der Waals surface area contributed by atoms with E-state index in [1.54, 1.807) is 0 Å². The highest BCUT2D eigenvalue weighted by molar-refractivity contribution is 9.10. The van der Waals surface area contributed by atoms with E-state index in [4.69, 9.17) is 9.47 Å². The van der Waals surface area contributed by atoms with Gasteiger partial charge in [-0.25, -0.2) is 0 Å². The molecule has 0 saturated carbocycles. The third kappa shape index (κ3) is 4.25. The molecule has 1 unspecified atom stereocenters. The summed E-state index contributed by atoms with van der Waals surface area (Å²) in [5.41, 5.74) is 3.90. The van der Waals surface area contributed by atoms with E-state index < -0.39 is 0 Å². The smallest absolute Gasteiger partial charge is 0.157 e. The standard InChI is InChI=1S/C18H23BrN2O3/c1-13-10-14(5-6-16(13)19)17-11-15(12-22)20-21(17)7-9-24-18-4-2-3-8-23-18/h5-6,10-11,18,22H,2-4,7-9,12H2,1H3. The summed E-state index contributed by atoms with van der Waals surface area (Å²) in [6.07, 6.45) is 3.14. The van der Waals surface area contributed by atoms with Crippen LogP contribution < -0.4 is 0 Å². The number of ether oxygens (including phenoxy) is 2. The van der Waals surface area contributed by atoms with Gasteiger partial charge in [-0.15, -0.1) is 0 Å². The van der Waals surface area contributed by atoms with E-state index in [0.29, 0.717) is 18.8 Å². The molecule has 1 atom stereocenters. The Hall–Kier alpha value is -1.21.